The summed E-state index contributed by atoms with van der Waals surface area (Å²) in [6, 6.07) is 24.8. The quantitative estimate of drug-likeness (QED) is 0.413. The van der Waals surface area contributed by atoms with Crippen LogP contribution in [0.4, 0.5) is 5.69 Å². The van der Waals surface area contributed by atoms with Crippen LogP contribution in [0.25, 0.3) is 11.1 Å². The van der Waals surface area contributed by atoms with Gasteiger partial charge in [-0.25, -0.2) is 13.1 Å². The lowest BCUT2D eigenvalue weighted by Crippen LogP contribution is -2.32. The number of nitrogens with one attached hydrogen (secondary N) is 2. The van der Waals surface area contributed by atoms with Crippen LogP contribution in [0.5, 0.6) is 0 Å². The van der Waals surface area contributed by atoms with Crippen molar-refractivity contribution in [2.24, 2.45) is 11.8 Å². The van der Waals surface area contributed by atoms with Crippen LogP contribution < -0.4 is 10.0 Å². The van der Waals surface area contributed by atoms with Crippen molar-refractivity contribution in [3.63, 3.8) is 0 Å². The van der Waals surface area contributed by atoms with Crippen LogP contribution in [0.1, 0.15) is 25.7 Å². The maximum Gasteiger partial charge on any atom is 0.240 e. The highest BCUT2D eigenvalue weighted by atomic mass is 35.5. The van der Waals surface area contributed by atoms with Gasteiger partial charge in [-0.3, -0.25) is 0 Å². The Morgan fingerprint density at radius 2 is 1.28 bits per heavy atom. The molecule has 6 heteroatoms. The van der Waals surface area contributed by atoms with E-state index in [1.54, 1.807) is 12.1 Å². The van der Waals surface area contributed by atoms with Gasteiger partial charge in [0.25, 0.3) is 0 Å². The first-order valence-corrected chi connectivity index (χ1v) is 13.0. The van der Waals surface area contributed by atoms with Crippen molar-refractivity contribution in [1.82, 2.24) is 4.72 Å². The van der Waals surface area contributed by atoms with Crippen molar-refractivity contribution in [2.75, 3.05) is 18.4 Å². The number of sulfonamides is 1. The molecule has 168 valence electrons. The van der Waals surface area contributed by atoms with Crippen LogP contribution >= 0.6 is 11.6 Å². The third-order valence-corrected chi connectivity index (χ3v) is 7.93. The molecule has 0 aromatic heterocycles. The second-order valence-electron chi connectivity index (χ2n) is 8.52. The van der Waals surface area contributed by atoms with Gasteiger partial charge in [0.1, 0.15) is 0 Å². The molecule has 0 radical (unpaired) electrons. The molecule has 0 amide bonds. The Bertz CT molecular complexity index is 1090. The van der Waals surface area contributed by atoms with E-state index >= 15 is 0 Å². The van der Waals surface area contributed by atoms with Gasteiger partial charge in [0, 0.05) is 23.8 Å². The first-order valence-electron chi connectivity index (χ1n) is 11.1. The van der Waals surface area contributed by atoms with E-state index in [1.165, 1.54) is 0 Å². The SMILES string of the molecule is O=S(=O)(NCC1CCC(CNc2ccc(Cl)cc2)CC1)c1ccc(-c2ccccc2)cc1. The molecule has 0 bridgehead atoms. The zero-order valence-electron chi connectivity index (χ0n) is 18.0. The maximum atomic E-state index is 12.7. The Kier molecular flexibility index (Phi) is 7.51. The molecule has 1 aliphatic carbocycles. The fourth-order valence-electron chi connectivity index (χ4n) is 4.24. The first kappa shape index (κ1) is 22.8. The molecule has 0 saturated heterocycles. The number of hydrogen-bond acceptors (Lipinski definition) is 3. The monoisotopic (exact) mass is 468 g/mol. The van der Waals surface area contributed by atoms with Gasteiger partial charge in [-0.15, -0.1) is 0 Å². The lowest BCUT2D eigenvalue weighted by molar-refractivity contribution is 0.284. The molecule has 2 N–H and O–H groups in total. The second kappa shape index (κ2) is 10.5. The van der Waals surface area contributed by atoms with E-state index in [4.69, 9.17) is 11.6 Å². The highest BCUT2D eigenvalue weighted by Crippen LogP contribution is 2.29. The summed E-state index contributed by atoms with van der Waals surface area (Å²) in [5.74, 6) is 1.00. The minimum atomic E-state index is -3.50. The molecule has 1 fully saturated rings. The van der Waals surface area contributed by atoms with Gasteiger partial charge in [-0.1, -0.05) is 54.1 Å². The largest absolute Gasteiger partial charge is 0.385 e. The predicted octanol–water partition coefficient (Wildman–Crippen LogP) is 6.20. The van der Waals surface area contributed by atoms with Crippen LogP contribution in [0.3, 0.4) is 0 Å². The average Bonchev–Trinajstić information content (AvgIpc) is 2.84. The Morgan fingerprint density at radius 3 is 1.91 bits per heavy atom. The van der Waals surface area contributed by atoms with Crippen LogP contribution in [-0.2, 0) is 10.0 Å². The number of benzene rings is 3. The summed E-state index contributed by atoms with van der Waals surface area (Å²) in [6.45, 7) is 1.44. The lowest BCUT2D eigenvalue weighted by Gasteiger charge is -2.29. The zero-order chi connectivity index (χ0) is 22.4. The fourth-order valence-corrected chi connectivity index (χ4v) is 5.48. The average molecular weight is 469 g/mol. The molecule has 32 heavy (non-hydrogen) atoms. The highest BCUT2D eigenvalue weighted by molar-refractivity contribution is 7.89. The van der Waals surface area contributed by atoms with Gasteiger partial charge in [0.05, 0.1) is 4.90 Å². The van der Waals surface area contributed by atoms with Gasteiger partial charge in [0.15, 0.2) is 0 Å². The third kappa shape index (κ3) is 6.12. The van der Waals surface area contributed by atoms with E-state index < -0.39 is 10.0 Å². The molecule has 4 nitrogen and oxygen atoms in total. The van der Waals surface area contributed by atoms with Gasteiger partial charge in [-0.2, -0.15) is 0 Å². The number of anilines is 1. The van der Waals surface area contributed by atoms with Crippen LogP contribution in [0.2, 0.25) is 5.02 Å². The standard InChI is InChI=1S/C26H29ClN2O2S/c27-24-12-14-25(15-13-24)28-18-20-6-8-21(9-7-20)19-29-32(30,31)26-16-10-23(11-17-26)22-4-2-1-3-5-22/h1-5,10-17,20-21,28-29H,6-9,18-19H2. The number of hydrogen-bond donors (Lipinski definition) is 2. The summed E-state index contributed by atoms with van der Waals surface area (Å²) in [4.78, 5) is 0.318. The Hall–Kier alpha value is -2.34. The zero-order valence-corrected chi connectivity index (χ0v) is 19.6. The molecule has 1 aliphatic rings. The summed E-state index contributed by atoms with van der Waals surface area (Å²) in [5.41, 5.74) is 3.17. The first-order chi connectivity index (χ1) is 15.5. The molecule has 3 aromatic carbocycles. The van der Waals surface area contributed by atoms with Crippen LogP contribution in [0.15, 0.2) is 83.8 Å². The fraction of sp³-hybridized carbons (Fsp3) is 0.308. The van der Waals surface area contributed by atoms with E-state index in [2.05, 4.69) is 10.0 Å². The normalized spacial score (nSPS) is 18.9. The molecule has 3 aromatic rings. The van der Waals surface area contributed by atoms with Gasteiger partial charge >= 0.3 is 0 Å². The molecule has 1 saturated carbocycles. The number of halogens is 1. The van der Waals surface area contributed by atoms with Crippen molar-refractivity contribution in [2.45, 2.75) is 30.6 Å². The smallest absolute Gasteiger partial charge is 0.240 e. The Balaban J connectivity index is 1.23. The van der Waals surface area contributed by atoms with Crippen LogP contribution in [0, 0.1) is 11.8 Å². The van der Waals surface area contributed by atoms with Gasteiger partial charge in [0.2, 0.25) is 10.0 Å². The van der Waals surface area contributed by atoms with E-state index in [0.29, 0.717) is 23.3 Å². The molecular formula is C26H29ClN2O2S. The minimum Gasteiger partial charge on any atom is -0.385 e. The number of rotatable bonds is 8. The lowest BCUT2D eigenvalue weighted by atomic mass is 9.82. The molecule has 4 rings (SSSR count). The third-order valence-electron chi connectivity index (χ3n) is 6.24. The van der Waals surface area contributed by atoms with Crippen molar-refractivity contribution in [3.8, 4) is 11.1 Å². The predicted molar refractivity (Wildman–Crippen MR) is 132 cm³/mol. The minimum absolute atomic E-state index is 0.318. The molecule has 0 unspecified atom stereocenters. The summed E-state index contributed by atoms with van der Waals surface area (Å²) in [7, 11) is -3.50. The van der Waals surface area contributed by atoms with Crippen LogP contribution in [-0.4, -0.2) is 21.5 Å². The van der Waals surface area contributed by atoms with Crippen molar-refractivity contribution in [3.05, 3.63) is 83.9 Å². The summed E-state index contributed by atoms with van der Waals surface area (Å²) in [5, 5.41) is 4.22. The second-order valence-corrected chi connectivity index (χ2v) is 10.7. The molecule has 0 spiro atoms. The molecule has 0 aliphatic heterocycles. The summed E-state index contributed by atoms with van der Waals surface area (Å²) < 4.78 is 28.3. The van der Waals surface area contributed by atoms with E-state index in [-0.39, 0.29) is 0 Å². The molecule has 0 atom stereocenters. The highest BCUT2D eigenvalue weighted by Gasteiger charge is 2.23. The molecule has 0 heterocycles. The van der Waals surface area contributed by atoms with Gasteiger partial charge in [-0.05, 0) is 85.0 Å². The Labute approximate surface area is 196 Å². The van der Waals surface area contributed by atoms with Gasteiger partial charge < -0.3 is 5.32 Å². The van der Waals surface area contributed by atoms with Crippen molar-refractivity contribution >= 4 is 27.3 Å². The van der Waals surface area contributed by atoms with E-state index in [9.17, 15) is 8.42 Å². The topological polar surface area (TPSA) is 58.2 Å². The van der Waals surface area contributed by atoms with Crippen molar-refractivity contribution < 1.29 is 8.42 Å². The molecular weight excluding hydrogens is 440 g/mol. The maximum absolute atomic E-state index is 12.7. The summed E-state index contributed by atoms with van der Waals surface area (Å²) in [6.07, 6.45) is 4.31. The van der Waals surface area contributed by atoms with E-state index in [1.807, 2.05) is 66.7 Å². The summed E-state index contributed by atoms with van der Waals surface area (Å²) >= 11 is 5.93. The van der Waals surface area contributed by atoms with E-state index in [0.717, 1.165) is 54.1 Å². The Morgan fingerprint density at radius 1 is 0.719 bits per heavy atom. The van der Waals surface area contributed by atoms with Crippen molar-refractivity contribution in [1.29, 1.82) is 0 Å².